The van der Waals surface area contributed by atoms with Crippen molar-refractivity contribution >= 4 is 32.8 Å². The molecule has 0 bridgehead atoms. The van der Waals surface area contributed by atoms with E-state index in [4.69, 9.17) is 9.15 Å². The van der Waals surface area contributed by atoms with E-state index in [2.05, 4.69) is 4.98 Å². The van der Waals surface area contributed by atoms with Crippen LogP contribution in [0.15, 0.2) is 45.6 Å². The molecule has 0 saturated heterocycles. The topological polar surface area (TPSA) is 75.5 Å². The van der Waals surface area contributed by atoms with Gasteiger partial charge in [0.1, 0.15) is 22.7 Å². The van der Waals surface area contributed by atoms with Crippen LogP contribution in [0.25, 0.3) is 32.8 Å². The number of hydrogen-bond acceptors (Lipinski definition) is 4. The minimum atomic E-state index is -0.223. The standard InChI is InChI=1S/C18H15NO4/c1-9(2)22-11-4-6-12-14(8-11)19-18(21)16-13-5-3-10(20)7-15(13)23-17(12)16/h3-9,20H,1-2H3,(H,19,21). The number of phenolic OH excluding ortho intramolecular Hbond substituents is 1. The summed E-state index contributed by atoms with van der Waals surface area (Å²) in [5.74, 6) is 0.793. The van der Waals surface area contributed by atoms with Crippen LogP contribution < -0.4 is 10.3 Å². The summed E-state index contributed by atoms with van der Waals surface area (Å²) in [6, 6.07) is 10.3. The summed E-state index contributed by atoms with van der Waals surface area (Å²) in [7, 11) is 0. The van der Waals surface area contributed by atoms with Gasteiger partial charge in [0.25, 0.3) is 5.56 Å². The molecule has 0 atom stereocenters. The number of ether oxygens (including phenoxy) is 1. The third-order valence-corrected chi connectivity index (χ3v) is 3.76. The number of furan rings is 1. The number of aromatic hydroxyl groups is 1. The zero-order valence-corrected chi connectivity index (χ0v) is 12.7. The van der Waals surface area contributed by atoms with Gasteiger partial charge in [0.05, 0.1) is 17.0 Å². The van der Waals surface area contributed by atoms with Crippen molar-refractivity contribution in [2.45, 2.75) is 20.0 Å². The van der Waals surface area contributed by atoms with Gasteiger partial charge in [-0.1, -0.05) is 0 Å². The van der Waals surface area contributed by atoms with Crippen molar-refractivity contribution in [3.05, 3.63) is 46.8 Å². The largest absolute Gasteiger partial charge is 0.508 e. The summed E-state index contributed by atoms with van der Waals surface area (Å²) in [5.41, 5.74) is 1.43. The predicted octanol–water partition coefficient (Wildman–Crippen LogP) is 3.92. The first-order valence-electron chi connectivity index (χ1n) is 7.41. The average molecular weight is 309 g/mol. The Labute approximate surface area is 131 Å². The zero-order valence-electron chi connectivity index (χ0n) is 12.7. The number of nitrogens with one attached hydrogen (secondary N) is 1. The van der Waals surface area contributed by atoms with E-state index < -0.39 is 0 Å². The van der Waals surface area contributed by atoms with Crippen LogP contribution in [0.5, 0.6) is 11.5 Å². The Morgan fingerprint density at radius 3 is 2.70 bits per heavy atom. The van der Waals surface area contributed by atoms with Crippen molar-refractivity contribution in [3.8, 4) is 11.5 Å². The second-order valence-corrected chi connectivity index (χ2v) is 5.81. The number of aromatic amines is 1. The van der Waals surface area contributed by atoms with Crippen LogP contribution in [-0.2, 0) is 0 Å². The Morgan fingerprint density at radius 1 is 1.13 bits per heavy atom. The first-order valence-corrected chi connectivity index (χ1v) is 7.41. The van der Waals surface area contributed by atoms with E-state index in [1.165, 1.54) is 6.07 Å². The van der Waals surface area contributed by atoms with Crippen molar-refractivity contribution in [2.24, 2.45) is 0 Å². The van der Waals surface area contributed by atoms with E-state index >= 15 is 0 Å². The van der Waals surface area contributed by atoms with Crippen LogP contribution in [0.3, 0.4) is 0 Å². The lowest BCUT2D eigenvalue weighted by molar-refractivity contribution is 0.242. The first-order chi connectivity index (χ1) is 11.0. The Bertz CT molecular complexity index is 1100. The van der Waals surface area contributed by atoms with Gasteiger partial charge in [-0.15, -0.1) is 0 Å². The fourth-order valence-corrected chi connectivity index (χ4v) is 2.86. The van der Waals surface area contributed by atoms with Gasteiger partial charge < -0.3 is 19.2 Å². The number of fused-ring (bicyclic) bond motifs is 5. The first kappa shape index (κ1) is 13.7. The molecule has 2 N–H and O–H groups in total. The Kier molecular flexibility index (Phi) is 2.84. The van der Waals surface area contributed by atoms with Crippen molar-refractivity contribution in [1.82, 2.24) is 4.98 Å². The molecule has 0 aliphatic heterocycles. The second kappa shape index (κ2) is 4.78. The highest BCUT2D eigenvalue weighted by Crippen LogP contribution is 2.33. The summed E-state index contributed by atoms with van der Waals surface area (Å²) in [5, 5.41) is 11.6. The lowest BCUT2D eigenvalue weighted by atomic mass is 10.1. The minimum Gasteiger partial charge on any atom is -0.508 e. The van der Waals surface area contributed by atoms with Gasteiger partial charge in [-0.2, -0.15) is 0 Å². The maximum atomic E-state index is 12.5. The molecule has 5 heteroatoms. The van der Waals surface area contributed by atoms with Crippen LogP contribution >= 0.6 is 0 Å². The molecule has 0 saturated carbocycles. The maximum absolute atomic E-state index is 12.5. The highest BCUT2D eigenvalue weighted by Gasteiger charge is 2.15. The Hall–Kier alpha value is -2.95. The molecule has 0 aliphatic rings. The summed E-state index contributed by atoms with van der Waals surface area (Å²) in [4.78, 5) is 15.3. The highest BCUT2D eigenvalue weighted by molar-refractivity contribution is 6.13. The van der Waals surface area contributed by atoms with E-state index in [0.29, 0.717) is 33.2 Å². The van der Waals surface area contributed by atoms with Gasteiger partial charge in [-0.25, -0.2) is 0 Å². The number of pyridine rings is 1. The molecule has 5 nitrogen and oxygen atoms in total. The summed E-state index contributed by atoms with van der Waals surface area (Å²) >= 11 is 0. The lowest BCUT2D eigenvalue weighted by Crippen LogP contribution is -2.07. The van der Waals surface area contributed by atoms with Crippen LogP contribution in [0.2, 0.25) is 0 Å². The van der Waals surface area contributed by atoms with Gasteiger partial charge in [0, 0.05) is 22.9 Å². The van der Waals surface area contributed by atoms with E-state index in [0.717, 1.165) is 5.39 Å². The smallest absolute Gasteiger partial charge is 0.260 e. The summed E-state index contributed by atoms with van der Waals surface area (Å²) in [6.07, 6.45) is 0.0529. The molecule has 2 aromatic heterocycles. The van der Waals surface area contributed by atoms with E-state index in [9.17, 15) is 9.90 Å². The molecule has 0 unspecified atom stereocenters. The highest BCUT2D eigenvalue weighted by atomic mass is 16.5. The quantitative estimate of drug-likeness (QED) is 0.588. The molecule has 0 aliphatic carbocycles. The normalized spacial score (nSPS) is 11.8. The van der Waals surface area contributed by atoms with Crippen molar-refractivity contribution < 1.29 is 14.3 Å². The van der Waals surface area contributed by atoms with Crippen LogP contribution in [-0.4, -0.2) is 16.2 Å². The monoisotopic (exact) mass is 309 g/mol. The molecule has 2 aromatic carbocycles. The van der Waals surface area contributed by atoms with Gasteiger partial charge in [-0.05, 0) is 38.1 Å². The molecule has 116 valence electrons. The molecule has 0 spiro atoms. The average Bonchev–Trinajstić information content (AvgIpc) is 2.85. The summed E-state index contributed by atoms with van der Waals surface area (Å²) in [6.45, 7) is 3.89. The van der Waals surface area contributed by atoms with Crippen molar-refractivity contribution in [1.29, 1.82) is 0 Å². The SMILES string of the molecule is CC(C)Oc1ccc2c(c1)[nH]c(=O)c1c3ccc(O)cc3oc21. The number of H-pyrrole nitrogens is 1. The number of rotatable bonds is 2. The Morgan fingerprint density at radius 2 is 1.91 bits per heavy atom. The van der Waals surface area contributed by atoms with Crippen molar-refractivity contribution in [3.63, 3.8) is 0 Å². The number of aromatic nitrogens is 1. The van der Waals surface area contributed by atoms with Crippen LogP contribution in [0, 0.1) is 0 Å². The van der Waals surface area contributed by atoms with Gasteiger partial charge in [0.2, 0.25) is 0 Å². The number of benzene rings is 2. The molecule has 23 heavy (non-hydrogen) atoms. The fraction of sp³-hybridized carbons (Fsp3) is 0.167. The molecule has 0 fully saturated rings. The number of phenols is 1. The molecule has 4 aromatic rings. The predicted molar refractivity (Wildman–Crippen MR) is 89.3 cm³/mol. The molecule has 0 radical (unpaired) electrons. The third-order valence-electron chi connectivity index (χ3n) is 3.76. The molecular weight excluding hydrogens is 294 g/mol. The van der Waals surface area contributed by atoms with Crippen LogP contribution in [0.4, 0.5) is 0 Å². The molecule has 4 rings (SSSR count). The lowest BCUT2D eigenvalue weighted by Gasteiger charge is -2.10. The zero-order chi connectivity index (χ0) is 16.1. The molecular formula is C18H15NO4. The molecule has 2 heterocycles. The Balaban J connectivity index is 2.08. The fourth-order valence-electron chi connectivity index (χ4n) is 2.86. The minimum absolute atomic E-state index is 0.0529. The third kappa shape index (κ3) is 2.12. The molecule has 0 amide bonds. The number of hydrogen-bond donors (Lipinski definition) is 2. The van der Waals surface area contributed by atoms with Gasteiger partial charge in [0.15, 0.2) is 0 Å². The van der Waals surface area contributed by atoms with Gasteiger partial charge >= 0.3 is 0 Å². The second-order valence-electron chi connectivity index (χ2n) is 5.81. The van der Waals surface area contributed by atoms with Crippen LogP contribution in [0.1, 0.15) is 13.8 Å². The van der Waals surface area contributed by atoms with E-state index in [1.54, 1.807) is 18.2 Å². The van der Waals surface area contributed by atoms with Crippen molar-refractivity contribution in [2.75, 3.05) is 0 Å². The van der Waals surface area contributed by atoms with Gasteiger partial charge in [-0.3, -0.25) is 4.79 Å². The van der Waals surface area contributed by atoms with E-state index in [-0.39, 0.29) is 17.4 Å². The summed E-state index contributed by atoms with van der Waals surface area (Å²) < 4.78 is 11.5. The van der Waals surface area contributed by atoms with E-state index in [1.807, 2.05) is 26.0 Å². The maximum Gasteiger partial charge on any atom is 0.260 e.